The maximum atomic E-state index is 12.5. The Balaban J connectivity index is 1.64. The van der Waals surface area contributed by atoms with E-state index in [0.29, 0.717) is 12.1 Å². The van der Waals surface area contributed by atoms with Crippen molar-refractivity contribution in [3.05, 3.63) is 46.2 Å². The second-order valence-corrected chi connectivity index (χ2v) is 6.98. The number of nitro groups is 1. The molecule has 0 radical (unpaired) electrons. The van der Waals surface area contributed by atoms with Crippen LogP contribution in [0.15, 0.2) is 45.7 Å². The molecule has 0 spiro atoms. The van der Waals surface area contributed by atoms with E-state index in [0.717, 1.165) is 25.0 Å². The zero-order valence-electron chi connectivity index (χ0n) is 15.0. The number of benzene rings is 1. The molecule has 8 nitrogen and oxygen atoms in total. The summed E-state index contributed by atoms with van der Waals surface area (Å²) in [7, 11) is 0. The summed E-state index contributed by atoms with van der Waals surface area (Å²) in [5.41, 5.74) is 1.52. The Morgan fingerprint density at radius 2 is 2.22 bits per heavy atom. The lowest BCUT2D eigenvalue weighted by Crippen LogP contribution is -2.32. The molecule has 142 valence electrons. The number of carbonyl (C=O) groups excluding carboxylic acids is 1. The summed E-state index contributed by atoms with van der Waals surface area (Å²) in [4.78, 5) is 24.8. The highest BCUT2D eigenvalue weighted by Gasteiger charge is 2.19. The molecule has 1 aromatic carbocycles. The summed E-state index contributed by atoms with van der Waals surface area (Å²) in [6.45, 7) is 2.60. The fourth-order valence-electron chi connectivity index (χ4n) is 2.94. The quantitative estimate of drug-likeness (QED) is 0.400. The molecule has 9 heteroatoms. The lowest BCUT2D eigenvalue weighted by atomic mass is 10.0. The first-order valence-corrected chi connectivity index (χ1v) is 9.77. The van der Waals surface area contributed by atoms with Crippen molar-refractivity contribution in [3.63, 3.8) is 0 Å². The molecule has 3 rings (SSSR count). The van der Waals surface area contributed by atoms with E-state index in [1.165, 1.54) is 30.3 Å². The van der Waals surface area contributed by atoms with Gasteiger partial charge in [-0.05, 0) is 38.7 Å². The number of nitro benzene ring substituents is 1. The third-order valence-electron chi connectivity index (χ3n) is 4.26. The van der Waals surface area contributed by atoms with Gasteiger partial charge in [-0.2, -0.15) is 0 Å². The monoisotopic (exact) mass is 388 g/mol. The smallest absolute Gasteiger partial charge is 0.277 e. The first kappa shape index (κ1) is 19.1. The minimum absolute atomic E-state index is 0.00532. The third-order valence-corrected chi connectivity index (χ3v) is 5.06. The summed E-state index contributed by atoms with van der Waals surface area (Å²) in [6.07, 6.45) is 6.37. The van der Waals surface area contributed by atoms with Crippen LogP contribution in [0, 0.1) is 10.1 Å². The number of thioether (sulfide) groups is 1. The molecule has 0 aliphatic heterocycles. The predicted molar refractivity (Wildman–Crippen MR) is 101 cm³/mol. The Bertz CT molecular complexity index is 865. The average molecular weight is 388 g/mol. The van der Waals surface area contributed by atoms with Gasteiger partial charge < -0.3 is 9.32 Å². The molecule has 1 aromatic heterocycles. The van der Waals surface area contributed by atoms with Crippen molar-refractivity contribution in [3.8, 4) is 11.5 Å². The van der Waals surface area contributed by atoms with E-state index >= 15 is 0 Å². The fourth-order valence-corrected chi connectivity index (χ4v) is 3.58. The molecule has 1 amide bonds. The Morgan fingerprint density at radius 1 is 1.37 bits per heavy atom. The van der Waals surface area contributed by atoms with Crippen LogP contribution in [-0.2, 0) is 4.79 Å². The van der Waals surface area contributed by atoms with Crippen LogP contribution >= 0.6 is 11.8 Å². The Kier molecular flexibility index (Phi) is 6.23. The SMILES string of the molecule is CCN(C(=O)CSc1nnc(-c2cccc([N+](=O)[O-])c2)o1)C1=CCCCC1. The second kappa shape index (κ2) is 8.81. The third kappa shape index (κ3) is 4.73. The highest BCUT2D eigenvalue weighted by atomic mass is 32.2. The van der Waals surface area contributed by atoms with Crippen molar-refractivity contribution in [1.29, 1.82) is 0 Å². The highest BCUT2D eigenvalue weighted by Crippen LogP contribution is 2.27. The van der Waals surface area contributed by atoms with Crippen molar-refractivity contribution < 1.29 is 14.1 Å². The van der Waals surface area contributed by atoms with Gasteiger partial charge in [0.1, 0.15) is 0 Å². The number of rotatable bonds is 7. The predicted octanol–water partition coefficient (Wildman–Crippen LogP) is 4.04. The van der Waals surface area contributed by atoms with E-state index in [2.05, 4.69) is 16.3 Å². The summed E-state index contributed by atoms with van der Waals surface area (Å²) < 4.78 is 5.55. The van der Waals surface area contributed by atoms with Crippen molar-refractivity contribution >= 4 is 23.4 Å². The molecule has 0 unspecified atom stereocenters. The van der Waals surface area contributed by atoms with E-state index in [-0.39, 0.29) is 28.5 Å². The lowest BCUT2D eigenvalue weighted by molar-refractivity contribution is -0.384. The number of allylic oxidation sites excluding steroid dienone is 2. The van der Waals surface area contributed by atoms with Gasteiger partial charge in [-0.15, -0.1) is 10.2 Å². The number of hydrogen-bond donors (Lipinski definition) is 0. The second-order valence-electron chi connectivity index (χ2n) is 6.05. The molecular weight excluding hydrogens is 368 g/mol. The van der Waals surface area contributed by atoms with Crippen LogP contribution in [0.25, 0.3) is 11.5 Å². The number of carbonyl (C=O) groups is 1. The summed E-state index contributed by atoms with van der Waals surface area (Å²) >= 11 is 1.17. The maximum Gasteiger partial charge on any atom is 0.277 e. The first-order chi connectivity index (χ1) is 13.1. The topological polar surface area (TPSA) is 102 Å². The molecule has 0 fully saturated rings. The zero-order chi connectivity index (χ0) is 19.2. The molecule has 0 atom stereocenters. The van der Waals surface area contributed by atoms with Crippen LogP contribution < -0.4 is 0 Å². The standard InChI is InChI=1S/C18H20N4O4S/c1-2-21(14-8-4-3-5-9-14)16(23)12-27-18-20-19-17(26-18)13-7-6-10-15(11-13)22(24)25/h6-8,10-11H,2-5,9,12H2,1H3. The number of non-ortho nitro benzene ring substituents is 1. The van der Waals surface area contributed by atoms with E-state index in [1.807, 2.05) is 11.8 Å². The van der Waals surface area contributed by atoms with E-state index in [1.54, 1.807) is 12.1 Å². The van der Waals surface area contributed by atoms with Crippen LogP contribution in [0.3, 0.4) is 0 Å². The van der Waals surface area contributed by atoms with E-state index in [9.17, 15) is 14.9 Å². The highest BCUT2D eigenvalue weighted by molar-refractivity contribution is 7.99. The van der Waals surface area contributed by atoms with Gasteiger partial charge >= 0.3 is 0 Å². The molecular formula is C18H20N4O4S. The van der Waals surface area contributed by atoms with Gasteiger partial charge in [0.2, 0.25) is 11.8 Å². The van der Waals surface area contributed by atoms with Crippen LogP contribution in [0.5, 0.6) is 0 Å². The van der Waals surface area contributed by atoms with Gasteiger partial charge in [-0.25, -0.2) is 0 Å². The molecule has 0 N–H and O–H groups in total. The van der Waals surface area contributed by atoms with E-state index < -0.39 is 4.92 Å². The van der Waals surface area contributed by atoms with Gasteiger partial charge in [0.05, 0.1) is 10.7 Å². The number of hydrogen-bond acceptors (Lipinski definition) is 7. The first-order valence-electron chi connectivity index (χ1n) is 8.79. The lowest BCUT2D eigenvalue weighted by Gasteiger charge is -2.26. The molecule has 0 saturated heterocycles. The van der Waals surface area contributed by atoms with Gasteiger partial charge in [0.15, 0.2) is 0 Å². The number of nitrogens with zero attached hydrogens (tertiary/aromatic N) is 4. The normalized spacial score (nSPS) is 13.9. The van der Waals surface area contributed by atoms with Gasteiger partial charge in [0.25, 0.3) is 10.9 Å². The number of aromatic nitrogens is 2. The zero-order valence-corrected chi connectivity index (χ0v) is 15.8. The molecule has 1 aliphatic rings. The van der Waals surface area contributed by atoms with Crippen LogP contribution in [-0.4, -0.2) is 38.2 Å². The Morgan fingerprint density at radius 3 is 2.93 bits per heavy atom. The minimum Gasteiger partial charge on any atom is -0.411 e. The average Bonchev–Trinajstić information content (AvgIpc) is 3.17. The Labute approximate surface area is 160 Å². The van der Waals surface area contributed by atoms with Gasteiger partial charge in [0, 0.05) is 29.9 Å². The largest absolute Gasteiger partial charge is 0.411 e. The molecule has 1 aliphatic carbocycles. The molecule has 1 heterocycles. The molecule has 0 saturated carbocycles. The van der Waals surface area contributed by atoms with Gasteiger partial charge in [-0.3, -0.25) is 14.9 Å². The van der Waals surface area contributed by atoms with E-state index in [4.69, 9.17) is 4.42 Å². The Hall–Kier alpha value is -2.68. The molecule has 0 bridgehead atoms. The maximum absolute atomic E-state index is 12.5. The molecule has 27 heavy (non-hydrogen) atoms. The fraction of sp³-hybridized carbons (Fsp3) is 0.389. The van der Waals surface area contributed by atoms with Crippen molar-refractivity contribution in [2.24, 2.45) is 0 Å². The van der Waals surface area contributed by atoms with Crippen molar-refractivity contribution in [1.82, 2.24) is 15.1 Å². The minimum atomic E-state index is -0.479. The van der Waals surface area contributed by atoms with Crippen molar-refractivity contribution in [2.75, 3.05) is 12.3 Å². The summed E-state index contributed by atoms with van der Waals surface area (Å²) in [6, 6.07) is 5.99. The van der Waals surface area contributed by atoms with Crippen LogP contribution in [0.2, 0.25) is 0 Å². The summed E-state index contributed by atoms with van der Waals surface area (Å²) in [5, 5.41) is 19.0. The summed E-state index contributed by atoms with van der Waals surface area (Å²) in [5.74, 6) is 0.392. The molecule has 2 aromatic rings. The van der Waals surface area contributed by atoms with Crippen LogP contribution in [0.4, 0.5) is 5.69 Å². The van der Waals surface area contributed by atoms with Gasteiger partial charge in [-0.1, -0.05) is 23.9 Å². The van der Waals surface area contributed by atoms with Crippen molar-refractivity contribution in [2.45, 2.75) is 37.8 Å². The van der Waals surface area contributed by atoms with Crippen LogP contribution in [0.1, 0.15) is 32.6 Å². The number of amides is 1.